The maximum absolute atomic E-state index is 11.3. The number of aliphatic imine (C=N–C) groups is 1. The molecule has 1 saturated heterocycles. The summed E-state index contributed by atoms with van der Waals surface area (Å²) in [5, 5.41) is 6.46. The summed E-state index contributed by atoms with van der Waals surface area (Å²) in [6.45, 7) is 7.42. The molecule has 1 aliphatic heterocycles. The zero-order valence-electron chi connectivity index (χ0n) is 16.4. The molecule has 1 aliphatic rings. The van der Waals surface area contributed by atoms with Crippen molar-refractivity contribution in [3.63, 3.8) is 0 Å². The lowest BCUT2D eigenvalue weighted by atomic mass is 10.2. The van der Waals surface area contributed by atoms with Crippen LogP contribution in [0.2, 0.25) is 0 Å². The Bertz CT molecular complexity index is 688. The molecule has 0 aliphatic carbocycles. The number of guanidine groups is 1. The molecule has 0 radical (unpaired) electrons. The van der Waals surface area contributed by atoms with Gasteiger partial charge in [-0.15, -0.1) is 24.0 Å². The minimum absolute atomic E-state index is 0. The molecule has 0 saturated carbocycles. The average molecular weight is 509 g/mol. The highest BCUT2D eigenvalue weighted by atomic mass is 127. The Hall–Kier alpha value is -1.10. The largest absolute Gasteiger partial charge is 0.357 e. The van der Waals surface area contributed by atoms with Gasteiger partial charge in [0, 0.05) is 38.1 Å². The van der Waals surface area contributed by atoms with E-state index in [4.69, 9.17) is 0 Å². The molecule has 1 fully saturated rings. The number of hydrogen-bond donors (Lipinski definition) is 2. The minimum atomic E-state index is -2.95. The molecule has 0 spiro atoms. The summed E-state index contributed by atoms with van der Waals surface area (Å²) in [4.78, 5) is 11.4. The third kappa shape index (κ3) is 9.09. The Balaban J connectivity index is 0.00000364. The summed E-state index contributed by atoms with van der Waals surface area (Å²) >= 11 is 0. The van der Waals surface area contributed by atoms with E-state index in [1.54, 1.807) is 0 Å². The predicted octanol–water partition coefficient (Wildman–Crippen LogP) is 2.18. The molecule has 0 bridgehead atoms. The van der Waals surface area contributed by atoms with Gasteiger partial charge in [-0.1, -0.05) is 6.07 Å². The van der Waals surface area contributed by atoms with Crippen LogP contribution in [0.25, 0.3) is 0 Å². The zero-order chi connectivity index (χ0) is 19.0. The number of rotatable bonds is 8. The van der Waals surface area contributed by atoms with Gasteiger partial charge in [0.1, 0.15) is 15.7 Å². The van der Waals surface area contributed by atoms with E-state index in [2.05, 4.69) is 37.6 Å². The van der Waals surface area contributed by atoms with Crippen LogP contribution in [0.1, 0.15) is 38.7 Å². The first-order valence-electron chi connectivity index (χ1n) is 9.30. The Morgan fingerprint density at radius 2 is 2.04 bits per heavy atom. The summed E-state index contributed by atoms with van der Waals surface area (Å²) in [6, 6.07) is 4.16. The van der Waals surface area contributed by atoms with Gasteiger partial charge in [0.05, 0.1) is 12.3 Å². The van der Waals surface area contributed by atoms with E-state index < -0.39 is 9.84 Å². The lowest BCUT2D eigenvalue weighted by Gasteiger charge is -2.18. The first-order chi connectivity index (χ1) is 12.4. The molecule has 1 unspecified atom stereocenters. The van der Waals surface area contributed by atoms with E-state index in [1.807, 2.05) is 20.0 Å². The van der Waals surface area contributed by atoms with Crippen LogP contribution in [0.4, 0.5) is 5.82 Å². The fourth-order valence-corrected chi connectivity index (χ4v) is 3.61. The molecule has 9 heteroatoms. The zero-order valence-corrected chi connectivity index (χ0v) is 19.6. The summed E-state index contributed by atoms with van der Waals surface area (Å²) < 4.78 is 22.6. The van der Waals surface area contributed by atoms with Crippen LogP contribution >= 0.6 is 24.0 Å². The third-order valence-corrected chi connectivity index (χ3v) is 5.29. The Kier molecular flexibility index (Phi) is 10.4. The van der Waals surface area contributed by atoms with Crippen molar-refractivity contribution in [2.45, 2.75) is 45.7 Å². The van der Waals surface area contributed by atoms with E-state index in [0.29, 0.717) is 18.9 Å². The van der Waals surface area contributed by atoms with Crippen LogP contribution in [0.15, 0.2) is 23.3 Å². The van der Waals surface area contributed by atoms with E-state index >= 15 is 0 Å². The molecular formula is C18H32IN5O2S. The van der Waals surface area contributed by atoms with Gasteiger partial charge in [0.2, 0.25) is 0 Å². The molecule has 7 nitrogen and oxygen atoms in total. The second kappa shape index (κ2) is 11.7. The number of halogens is 1. The molecule has 154 valence electrons. The summed E-state index contributed by atoms with van der Waals surface area (Å²) in [5.74, 6) is 1.90. The molecule has 0 aromatic carbocycles. The van der Waals surface area contributed by atoms with Crippen molar-refractivity contribution in [2.24, 2.45) is 4.99 Å². The molecular weight excluding hydrogens is 477 g/mol. The monoisotopic (exact) mass is 509 g/mol. The molecule has 2 N–H and O–H groups in total. The van der Waals surface area contributed by atoms with Gasteiger partial charge in [-0.25, -0.2) is 18.4 Å². The van der Waals surface area contributed by atoms with Crippen molar-refractivity contribution in [3.05, 3.63) is 23.9 Å². The number of nitrogens with one attached hydrogen (secondary N) is 2. The molecule has 27 heavy (non-hydrogen) atoms. The smallest absolute Gasteiger partial charge is 0.191 e. The fourth-order valence-electron chi connectivity index (χ4n) is 2.83. The number of pyridine rings is 1. The van der Waals surface area contributed by atoms with Gasteiger partial charge in [0.25, 0.3) is 0 Å². The van der Waals surface area contributed by atoms with Crippen LogP contribution in [0, 0.1) is 0 Å². The highest BCUT2D eigenvalue weighted by molar-refractivity contribution is 14.0. The standard InChI is InChI=1S/C18H31N5O2S.HI/c1-4-19-18(22-15(2)9-12-26(3,24)25)21-14-16-7-8-17(20-13-16)23-10-5-6-11-23;/h7-8,13,15H,4-6,9-12,14H2,1-3H3,(H2,19,21,22);1H. The number of sulfone groups is 1. The van der Waals surface area contributed by atoms with Crippen molar-refractivity contribution in [1.29, 1.82) is 0 Å². The van der Waals surface area contributed by atoms with Crippen LogP contribution < -0.4 is 15.5 Å². The van der Waals surface area contributed by atoms with Gasteiger partial charge in [-0.05, 0) is 44.7 Å². The number of hydrogen-bond acceptors (Lipinski definition) is 5. The lowest BCUT2D eigenvalue weighted by molar-refractivity contribution is 0.581. The summed E-state index contributed by atoms with van der Waals surface area (Å²) in [5.41, 5.74) is 1.05. The molecule has 1 aromatic rings. The van der Waals surface area contributed by atoms with Gasteiger partial charge in [-0.2, -0.15) is 0 Å². The Morgan fingerprint density at radius 1 is 1.33 bits per heavy atom. The predicted molar refractivity (Wildman–Crippen MR) is 123 cm³/mol. The molecule has 1 atom stereocenters. The van der Waals surface area contributed by atoms with Crippen molar-refractivity contribution in [3.8, 4) is 0 Å². The van der Waals surface area contributed by atoms with Crippen LogP contribution in [-0.2, 0) is 16.4 Å². The Labute approximate surface area is 180 Å². The van der Waals surface area contributed by atoms with Gasteiger partial charge in [0.15, 0.2) is 5.96 Å². The van der Waals surface area contributed by atoms with Crippen molar-refractivity contribution in [2.75, 3.05) is 36.5 Å². The van der Waals surface area contributed by atoms with Crippen LogP contribution in [-0.4, -0.2) is 57.0 Å². The summed E-state index contributed by atoms with van der Waals surface area (Å²) in [6.07, 6.45) is 6.17. The van der Waals surface area contributed by atoms with Crippen molar-refractivity contribution >= 4 is 45.6 Å². The van der Waals surface area contributed by atoms with Crippen molar-refractivity contribution in [1.82, 2.24) is 15.6 Å². The van der Waals surface area contributed by atoms with E-state index in [-0.39, 0.29) is 35.8 Å². The fraction of sp³-hybridized carbons (Fsp3) is 0.667. The lowest BCUT2D eigenvalue weighted by Crippen LogP contribution is -2.42. The van der Waals surface area contributed by atoms with Crippen LogP contribution in [0.3, 0.4) is 0 Å². The van der Waals surface area contributed by atoms with Crippen LogP contribution in [0.5, 0.6) is 0 Å². The second-order valence-electron chi connectivity index (χ2n) is 6.88. The van der Waals surface area contributed by atoms with E-state index in [9.17, 15) is 8.42 Å². The number of nitrogens with zero attached hydrogens (tertiary/aromatic N) is 3. The van der Waals surface area contributed by atoms with Crippen molar-refractivity contribution < 1.29 is 8.42 Å². The first kappa shape index (κ1) is 23.9. The normalized spacial score (nSPS) is 16.0. The highest BCUT2D eigenvalue weighted by Crippen LogP contribution is 2.17. The van der Waals surface area contributed by atoms with E-state index in [0.717, 1.165) is 31.0 Å². The number of aromatic nitrogens is 1. The summed E-state index contributed by atoms with van der Waals surface area (Å²) in [7, 11) is -2.95. The quantitative estimate of drug-likeness (QED) is 0.318. The topological polar surface area (TPSA) is 86.7 Å². The second-order valence-corrected chi connectivity index (χ2v) is 9.14. The first-order valence-corrected chi connectivity index (χ1v) is 11.4. The maximum Gasteiger partial charge on any atom is 0.191 e. The average Bonchev–Trinajstić information content (AvgIpc) is 3.12. The maximum atomic E-state index is 11.3. The SMILES string of the molecule is CCNC(=NCc1ccc(N2CCCC2)nc1)NC(C)CCS(C)(=O)=O.I. The molecule has 0 amide bonds. The molecule has 2 rings (SSSR count). The minimum Gasteiger partial charge on any atom is -0.357 e. The van der Waals surface area contributed by atoms with E-state index in [1.165, 1.54) is 19.1 Å². The molecule has 2 heterocycles. The highest BCUT2D eigenvalue weighted by Gasteiger charge is 2.13. The van der Waals surface area contributed by atoms with Gasteiger partial charge in [-0.3, -0.25) is 0 Å². The van der Waals surface area contributed by atoms with Gasteiger partial charge >= 0.3 is 0 Å². The van der Waals surface area contributed by atoms with Gasteiger partial charge < -0.3 is 15.5 Å². The number of anilines is 1. The molecule has 1 aromatic heterocycles. The third-order valence-electron chi connectivity index (χ3n) is 4.31. The Morgan fingerprint density at radius 3 is 2.59 bits per heavy atom.